The average molecular weight is 321 g/mol. The van der Waals surface area contributed by atoms with Crippen LogP contribution in [0.25, 0.3) is 0 Å². The van der Waals surface area contributed by atoms with Crippen molar-refractivity contribution in [2.24, 2.45) is 11.1 Å². The molecule has 1 aliphatic rings. The maximum Gasteiger partial charge on any atom is 0.253 e. The van der Waals surface area contributed by atoms with Gasteiger partial charge in [-0.2, -0.15) is 0 Å². The molecule has 0 saturated carbocycles. The number of carbonyl (C=O) groups excluding carboxylic acids is 2. The number of hydrogen-bond donors (Lipinski definition) is 2. The van der Waals surface area contributed by atoms with Gasteiger partial charge in [-0.1, -0.05) is 6.92 Å². The van der Waals surface area contributed by atoms with E-state index in [0.717, 1.165) is 23.5 Å². The van der Waals surface area contributed by atoms with E-state index < -0.39 is 0 Å². The summed E-state index contributed by atoms with van der Waals surface area (Å²) < 4.78 is 0. The number of nitrogens with zero attached hydrogens (tertiary/aromatic N) is 1. The minimum atomic E-state index is -0.118. The molecule has 1 atom stereocenters. The Bertz CT molecular complexity index is 591. The van der Waals surface area contributed by atoms with Crippen molar-refractivity contribution < 1.29 is 9.59 Å². The maximum atomic E-state index is 12.6. The van der Waals surface area contributed by atoms with Crippen LogP contribution in [-0.4, -0.2) is 42.6 Å². The molecule has 1 fully saturated rings. The third kappa shape index (κ3) is 3.62. The molecule has 6 heteroatoms. The number of thioether (sulfide) groups is 1. The summed E-state index contributed by atoms with van der Waals surface area (Å²) in [4.78, 5) is 26.6. The minimum absolute atomic E-state index is 0.0219. The first kappa shape index (κ1) is 16.8. The third-order valence-electron chi connectivity index (χ3n) is 4.10. The van der Waals surface area contributed by atoms with Crippen molar-refractivity contribution in [3.8, 4) is 0 Å². The average Bonchev–Trinajstić information content (AvgIpc) is 2.89. The largest absolute Gasteiger partial charge is 0.338 e. The van der Waals surface area contributed by atoms with Crippen LogP contribution in [0.4, 0.5) is 5.69 Å². The van der Waals surface area contributed by atoms with Crippen molar-refractivity contribution in [2.75, 3.05) is 31.2 Å². The van der Waals surface area contributed by atoms with E-state index in [1.165, 1.54) is 18.7 Å². The Morgan fingerprint density at radius 1 is 1.45 bits per heavy atom. The lowest BCUT2D eigenvalue weighted by molar-refractivity contribution is -0.114. The summed E-state index contributed by atoms with van der Waals surface area (Å²) in [6, 6.07) is 5.40. The molecule has 5 nitrogen and oxygen atoms in total. The Morgan fingerprint density at radius 2 is 2.18 bits per heavy atom. The van der Waals surface area contributed by atoms with Gasteiger partial charge < -0.3 is 16.0 Å². The summed E-state index contributed by atoms with van der Waals surface area (Å²) in [6.45, 7) is 5.63. The SMILES string of the molecule is CSc1cc(C(=O)N2CCC(C)(CN)C2)ccc1NC(C)=O. The smallest absolute Gasteiger partial charge is 0.253 e. The normalized spacial score (nSPS) is 21.0. The first-order valence-electron chi connectivity index (χ1n) is 7.33. The molecule has 2 rings (SSSR count). The summed E-state index contributed by atoms with van der Waals surface area (Å²) in [7, 11) is 0. The van der Waals surface area contributed by atoms with E-state index in [0.29, 0.717) is 18.7 Å². The highest BCUT2D eigenvalue weighted by Crippen LogP contribution is 2.31. The van der Waals surface area contributed by atoms with E-state index in [9.17, 15) is 9.59 Å². The molecular formula is C16H23N3O2S. The highest BCUT2D eigenvalue weighted by Gasteiger charge is 2.35. The van der Waals surface area contributed by atoms with Gasteiger partial charge in [-0.15, -0.1) is 11.8 Å². The topological polar surface area (TPSA) is 75.4 Å². The van der Waals surface area contributed by atoms with Crippen LogP contribution in [0.5, 0.6) is 0 Å². The van der Waals surface area contributed by atoms with Crippen LogP contribution in [0.1, 0.15) is 30.6 Å². The molecule has 0 bridgehead atoms. The monoisotopic (exact) mass is 321 g/mol. The zero-order chi connectivity index (χ0) is 16.3. The van der Waals surface area contributed by atoms with E-state index in [-0.39, 0.29) is 17.2 Å². The van der Waals surface area contributed by atoms with Crippen molar-refractivity contribution in [1.29, 1.82) is 0 Å². The van der Waals surface area contributed by atoms with Crippen molar-refractivity contribution in [3.63, 3.8) is 0 Å². The van der Waals surface area contributed by atoms with Gasteiger partial charge in [-0.05, 0) is 42.8 Å². The number of likely N-dealkylation sites (tertiary alicyclic amines) is 1. The lowest BCUT2D eigenvalue weighted by atomic mass is 9.90. The molecule has 1 aliphatic heterocycles. The number of amides is 2. The van der Waals surface area contributed by atoms with Gasteiger partial charge in [0.15, 0.2) is 0 Å². The molecule has 1 heterocycles. The van der Waals surface area contributed by atoms with E-state index in [2.05, 4.69) is 12.2 Å². The first-order chi connectivity index (χ1) is 10.4. The second kappa shape index (κ2) is 6.71. The Hall–Kier alpha value is -1.53. The number of nitrogens with one attached hydrogen (secondary N) is 1. The van der Waals surface area contributed by atoms with Gasteiger partial charge in [0.1, 0.15) is 0 Å². The zero-order valence-corrected chi connectivity index (χ0v) is 14.1. The standard InChI is InChI=1S/C16H23N3O2S/c1-11(20)18-13-5-4-12(8-14(13)22-3)15(21)19-7-6-16(2,9-17)10-19/h4-5,8H,6-7,9-10,17H2,1-3H3,(H,18,20). The molecule has 1 saturated heterocycles. The Kier molecular flexibility index (Phi) is 5.13. The predicted octanol–water partition coefficient (Wildman–Crippen LogP) is 2.18. The van der Waals surface area contributed by atoms with E-state index >= 15 is 0 Å². The van der Waals surface area contributed by atoms with Crippen molar-refractivity contribution in [3.05, 3.63) is 23.8 Å². The first-order valence-corrected chi connectivity index (χ1v) is 8.56. The molecular weight excluding hydrogens is 298 g/mol. The fraction of sp³-hybridized carbons (Fsp3) is 0.500. The number of benzene rings is 1. The Balaban J connectivity index is 2.19. The van der Waals surface area contributed by atoms with Crippen LogP contribution >= 0.6 is 11.8 Å². The van der Waals surface area contributed by atoms with Crippen LogP contribution in [0.3, 0.4) is 0 Å². The molecule has 120 valence electrons. The second-order valence-corrected chi connectivity index (χ2v) is 6.94. The number of hydrogen-bond acceptors (Lipinski definition) is 4. The van der Waals surface area contributed by atoms with E-state index in [4.69, 9.17) is 5.73 Å². The Morgan fingerprint density at radius 3 is 2.73 bits per heavy atom. The van der Waals surface area contributed by atoms with Crippen LogP contribution in [0.15, 0.2) is 23.1 Å². The molecule has 0 aliphatic carbocycles. The van der Waals surface area contributed by atoms with Crippen LogP contribution in [-0.2, 0) is 4.79 Å². The molecule has 1 unspecified atom stereocenters. The molecule has 2 amide bonds. The zero-order valence-electron chi connectivity index (χ0n) is 13.3. The summed E-state index contributed by atoms with van der Waals surface area (Å²) in [6.07, 6.45) is 2.87. The second-order valence-electron chi connectivity index (χ2n) is 6.09. The molecule has 22 heavy (non-hydrogen) atoms. The summed E-state index contributed by atoms with van der Waals surface area (Å²) in [5.41, 5.74) is 7.21. The van der Waals surface area contributed by atoms with Gasteiger partial charge in [0.25, 0.3) is 5.91 Å². The number of carbonyl (C=O) groups is 2. The quantitative estimate of drug-likeness (QED) is 0.834. The van der Waals surface area contributed by atoms with Crippen molar-refractivity contribution in [1.82, 2.24) is 4.90 Å². The fourth-order valence-electron chi connectivity index (χ4n) is 2.66. The third-order valence-corrected chi connectivity index (χ3v) is 4.87. The number of nitrogens with two attached hydrogens (primary N) is 1. The number of rotatable bonds is 4. The molecule has 1 aromatic carbocycles. The van der Waals surface area contributed by atoms with Crippen molar-refractivity contribution >= 4 is 29.3 Å². The lowest BCUT2D eigenvalue weighted by Gasteiger charge is -2.23. The van der Waals surface area contributed by atoms with Gasteiger partial charge in [0.05, 0.1) is 5.69 Å². The molecule has 0 spiro atoms. The van der Waals surface area contributed by atoms with Gasteiger partial charge in [0, 0.05) is 30.5 Å². The highest BCUT2D eigenvalue weighted by molar-refractivity contribution is 7.98. The summed E-state index contributed by atoms with van der Waals surface area (Å²) >= 11 is 1.51. The maximum absolute atomic E-state index is 12.6. The van der Waals surface area contributed by atoms with Crippen LogP contribution < -0.4 is 11.1 Å². The fourth-order valence-corrected chi connectivity index (χ4v) is 3.25. The summed E-state index contributed by atoms with van der Waals surface area (Å²) in [5, 5.41) is 2.78. The molecule has 0 radical (unpaired) electrons. The van der Waals surface area contributed by atoms with Crippen molar-refractivity contribution in [2.45, 2.75) is 25.2 Å². The predicted molar refractivity (Wildman–Crippen MR) is 90.2 cm³/mol. The highest BCUT2D eigenvalue weighted by atomic mass is 32.2. The molecule has 0 aromatic heterocycles. The molecule has 3 N–H and O–H groups in total. The Labute approximate surface area is 135 Å². The van der Waals surface area contributed by atoms with Gasteiger partial charge in [-0.3, -0.25) is 9.59 Å². The lowest BCUT2D eigenvalue weighted by Crippen LogP contribution is -2.34. The van der Waals surface area contributed by atoms with E-state index in [1.54, 1.807) is 12.1 Å². The minimum Gasteiger partial charge on any atom is -0.338 e. The number of anilines is 1. The van der Waals surface area contributed by atoms with Gasteiger partial charge >= 0.3 is 0 Å². The van der Waals surface area contributed by atoms with E-state index in [1.807, 2.05) is 17.2 Å². The summed E-state index contributed by atoms with van der Waals surface area (Å²) in [5.74, 6) is -0.0884. The van der Waals surface area contributed by atoms with Gasteiger partial charge in [-0.25, -0.2) is 0 Å². The van der Waals surface area contributed by atoms with Crippen LogP contribution in [0, 0.1) is 5.41 Å². The van der Waals surface area contributed by atoms with Crippen LogP contribution in [0.2, 0.25) is 0 Å². The van der Waals surface area contributed by atoms with Gasteiger partial charge in [0.2, 0.25) is 5.91 Å². The molecule has 1 aromatic rings.